The molecule has 16 heteroatoms. The molecule has 2 amide bonds. The van der Waals surface area contributed by atoms with Gasteiger partial charge in [0.2, 0.25) is 0 Å². The Labute approximate surface area is 252 Å². The number of aliphatic hydroxyl groups excluding tert-OH is 1. The summed E-state index contributed by atoms with van der Waals surface area (Å²) < 4.78 is 104. The first-order chi connectivity index (χ1) is 21.2. The van der Waals surface area contributed by atoms with Crippen molar-refractivity contribution in [3.05, 3.63) is 93.8 Å². The lowest BCUT2D eigenvalue weighted by atomic mass is 10.1. The molecule has 234 valence electrons. The monoisotopic (exact) mass is 653 g/mol. The van der Waals surface area contributed by atoms with E-state index in [-0.39, 0.29) is 43.4 Å². The van der Waals surface area contributed by atoms with Gasteiger partial charge in [-0.2, -0.15) is 26.3 Å². The summed E-state index contributed by atoms with van der Waals surface area (Å²) in [6, 6.07) is 10.0. The van der Waals surface area contributed by atoms with E-state index in [0.717, 1.165) is 24.3 Å². The van der Waals surface area contributed by atoms with Crippen LogP contribution in [0.3, 0.4) is 0 Å². The molecule has 0 saturated carbocycles. The minimum atomic E-state index is -5.07. The highest BCUT2D eigenvalue weighted by atomic mass is 32.1. The van der Waals surface area contributed by atoms with Crippen molar-refractivity contribution in [2.24, 2.45) is 0 Å². The fourth-order valence-electron chi connectivity index (χ4n) is 4.31. The number of aliphatic hydroxyl groups is 1. The predicted molar refractivity (Wildman–Crippen MR) is 149 cm³/mol. The van der Waals surface area contributed by atoms with Gasteiger partial charge in [0.15, 0.2) is 5.76 Å². The van der Waals surface area contributed by atoms with Crippen LogP contribution in [0.1, 0.15) is 36.9 Å². The van der Waals surface area contributed by atoms with Crippen molar-refractivity contribution in [1.82, 2.24) is 5.16 Å². The van der Waals surface area contributed by atoms with Crippen molar-refractivity contribution in [3.8, 4) is 17.0 Å². The van der Waals surface area contributed by atoms with Crippen LogP contribution in [0.15, 0.2) is 65.2 Å². The van der Waals surface area contributed by atoms with Gasteiger partial charge in [0.1, 0.15) is 28.7 Å². The lowest BCUT2D eigenvalue weighted by Crippen LogP contribution is -2.18. The van der Waals surface area contributed by atoms with Gasteiger partial charge in [0.05, 0.1) is 29.5 Å². The number of carbonyl (C=O) groups is 2. The van der Waals surface area contributed by atoms with E-state index in [1.807, 2.05) is 0 Å². The van der Waals surface area contributed by atoms with Gasteiger partial charge < -0.3 is 25.0 Å². The fourth-order valence-corrected chi connectivity index (χ4v) is 5.41. The summed E-state index contributed by atoms with van der Waals surface area (Å²) in [6.07, 6.45) is -9.81. The molecule has 0 fully saturated rings. The van der Waals surface area contributed by atoms with Crippen molar-refractivity contribution in [3.63, 3.8) is 0 Å². The summed E-state index contributed by atoms with van der Waals surface area (Å²) in [5, 5.41) is 17.8. The van der Waals surface area contributed by atoms with Crippen LogP contribution in [0.4, 0.5) is 42.1 Å². The molecule has 2 heterocycles. The second-order valence-electron chi connectivity index (χ2n) is 9.37. The first-order valence-corrected chi connectivity index (χ1v) is 13.4. The quantitative estimate of drug-likeness (QED) is 0.155. The van der Waals surface area contributed by atoms with Crippen molar-refractivity contribution in [2.45, 2.75) is 19.0 Å². The average Bonchev–Trinajstić information content (AvgIpc) is 3.61. The first kappa shape index (κ1) is 31.5. The standard InChI is InChI=1S/C29H18F7N3O5S/c1-43-22-7-2-13(21-11-16(12-40)44-39-21)8-18(22)26(41)38-24-17-5-3-14(28(31,32)33)9-23(17)45-25(24)27(42)37-15-4-6-20(30)19(10-15)29(34,35)36/h2-11,40H,12H2,1H3,(H,37,42)(H,38,41). The molecule has 0 aliphatic carbocycles. The predicted octanol–water partition coefficient (Wildman–Crippen LogP) is 7.74. The summed E-state index contributed by atoms with van der Waals surface area (Å²) in [7, 11) is 1.28. The van der Waals surface area contributed by atoms with Gasteiger partial charge in [-0.15, -0.1) is 11.3 Å². The smallest absolute Gasteiger partial charge is 0.419 e. The van der Waals surface area contributed by atoms with E-state index in [9.17, 15) is 45.4 Å². The minimum Gasteiger partial charge on any atom is -0.496 e. The number of hydrogen-bond acceptors (Lipinski definition) is 7. The Bertz CT molecular complexity index is 1930. The Balaban J connectivity index is 1.56. The van der Waals surface area contributed by atoms with Crippen LogP contribution in [0, 0.1) is 5.82 Å². The number of carbonyl (C=O) groups excluding carboxylic acids is 2. The van der Waals surface area contributed by atoms with Crippen molar-refractivity contribution >= 4 is 44.6 Å². The molecule has 0 aliphatic heterocycles. The van der Waals surface area contributed by atoms with E-state index in [2.05, 4.69) is 15.8 Å². The summed E-state index contributed by atoms with van der Waals surface area (Å²) >= 11 is 0.546. The number of methoxy groups -OCH3 is 1. The third-order valence-electron chi connectivity index (χ3n) is 6.45. The Hall–Kier alpha value is -4.96. The topological polar surface area (TPSA) is 114 Å². The molecule has 0 aliphatic rings. The second kappa shape index (κ2) is 11.9. The molecular weight excluding hydrogens is 635 g/mol. The lowest BCUT2D eigenvalue weighted by molar-refractivity contribution is -0.140. The molecular formula is C29H18F7N3O5S. The van der Waals surface area contributed by atoms with Gasteiger partial charge in [-0.1, -0.05) is 11.2 Å². The van der Waals surface area contributed by atoms with E-state index >= 15 is 0 Å². The number of nitrogens with one attached hydrogen (secondary N) is 2. The summed E-state index contributed by atoms with van der Waals surface area (Å²) in [5.74, 6) is -3.31. The Morgan fingerprint density at radius 2 is 1.69 bits per heavy atom. The molecule has 0 bridgehead atoms. The van der Waals surface area contributed by atoms with Crippen molar-refractivity contribution in [2.75, 3.05) is 17.7 Å². The molecule has 0 unspecified atom stereocenters. The number of alkyl halides is 6. The van der Waals surface area contributed by atoms with Gasteiger partial charge >= 0.3 is 12.4 Å². The van der Waals surface area contributed by atoms with E-state index in [1.54, 1.807) is 6.07 Å². The number of benzene rings is 3. The SMILES string of the molecule is COc1ccc(-c2cc(CO)on2)cc1C(=O)Nc1c(C(=O)Nc2ccc(F)c(C(F)(F)F)c2)sc2cc(C(F)(F)F)ccc12. The number of fused-ring (bicyclic) bond motifs is 1. The highest BCUT2D eigenvalue weighted by Crippen LogP contribution is 2.41. The van der Waals surface area contributed by atoms with Crippen molar-refractivity contribution < 1.29 is 54.7 Å². The number of ether oxygens (including phenoxy) is 1. The highest BCUT2D eigenvalue weighted by molar-refractivity contribution is 7.21. The van der Waals surface area contributed by atoms with Gasteiger partial charge in [0, 0.05) is 27.4 Å². The molecule has 0 saturated heterocycles. The number of rotatable bonds is 7. The summed E-state index contributed by atoms with van der Waals surface area (Å²) in [4.78, 5) is 26.6. The number of anilines is 2. The van der Waals surface area contributed by atoms with Crippen LogP contribution in [0.25, 0.3) is 21.3 Å². The van der Waals surface area contributed by atoms with Crippen LogP contribution in [-0.4, -0.2) is 29.2 Å². The van der Waals surface area contributed by atoms with Crippen LogP contribution >= 0.6 is 11.3 Å². The minimum absolute atomic E-state index is 0.0285. The number of nitrogens with zero attached hydrogens (tertiary/aromatic N) is 1. The summed E-state index contributed by atoms with van der Waals surface area (Å²) in [6.45, 7) is -0.432. The molecule has 5 aromatic rings. The largest absolute Gasteiger partial charge is 0.496 e. The fraction of sp³-hybridized carbons (Fsp3) is 0.138. The molecule has 3 aromatic carbocycles. The van der Waals surface area contributed by atoms with Gasteiger partial charge in [-0.05, 0) is 48.5 Å². The third kappa shape index (κ3) is 6.46. The molecule has 0 radical (unpaired) electrons. The maximum atomic E-state index is 13.8. The molecule has 0 atom stereocenters. The molecule has 0 spiro atoms. The normalized spacial score (nSPS) is 11.9. The Morgan fingerprint density at radius 1 is 0.933 bits per heavy atom. The Kier molecular flexibility index (Phi) is 8.29. The number of hydrogen-bond donors (Lipinski definition) is 3. The molecule has 3 N–H and O–H groups in total. The first-order valence-electron chi connectivity index (χ1n) is 12.6. The maximum absolute atomic E-state index is 13.8. The molecule has 2 aromatic heterocycles. The molecule has 8 nitrogen and oxygen atoms in total. The molecule has 5 rings (SSSR count). The highest BCUT2D eigenvalue weighted by Gasteiger charge is 2.35. The zero-order chi connectivity index (χ0) is 32.7. The second-order valence-corrected chi connectivity index (χ2v) is 10.4. The van der Waals surface area contributed by atoms with Crippen molar-refractivity contribution in [1.29, 1.82) is 0 Å². The lowest BCUT2D eigenvalue weighted by Gasteiger charge is -2.13. The van der Waals surface area contributed by atoms with E-state index in [4.69, 9.17) is 9.26 Å². The molecule has 45 heavy (non-hydrogen) atoms. The van der Waals surface area contributed by atoms with E-state index < -0.39 is 53.4 Å². The Morgan fingerprint density at radius 3 is 2.33 bits per heavy atom. The zero-order valence-corrected chi connectivity index (χ0v) is 23.4. The van der Waals surface area contributed by atoms with Crippen LogP contribution in [0.2, 0.25) is 0 Å². The number of halogens is 7. The third-order valence-corrected chi connectivity index (χ3v) is 7.60. The van der Waals surface area contributed by atoms with Gasteiger partial charge in [-0.3, -0.25) is 9.59 Å². The average molecular weight is 654 g/mol. The van der Waals surface area contributed by atoms with Crippen LogP contribution < -0.4 is 15.4 Å². The van der Waals surface area contributed by atoms with Crippen LogP contribution in [-0.2, 0) is 19.0 Å². The number of amides is 2. The van der Waals surface area contributed by atoms with Gasteiger partial charge in [0.25, 0.3) is 11.8 Å². The maximum Gasteiger partial charge on any atom is 0.419 e. The van der Waals surface area contributed by atoms with E-state index in [0.29, 0.717) is 29.0 Å². The number of thiophene rings is 1. The van der Waals surface area contributed by atoms with E-state index in [1.165, 1.54) is 25.3 Å². The zero-order valence-electron chi connectivity index (χ0n) is 22.6. The van der Waals surface area contributed by atoms with Crippen LogP contribution in [0.5, 0.6) is 5.75 Å². The summed E-state index contributed by atoms with van der Waals surface area (Å²) in [5.41, 5.74) is -2.85. The number of aromatic nitrogens is 1. The van der Waals surface area contributed by atoms with Gasteiger partial charge in [-0.25, -0.2) is 4.39 Å².